The Hall–Kier alpha value is -6.84. The molecule has 8 aromatic carbocycles. The summed E-state index contributed by atoms with van der Waals surface area (Å²) < 4.78 is 6.73. The highest BCUT2D eigenvalue weighted by Gasteiger charge is 2.37. The van der Waals surface area contributed by atoms with E-state index in [2.05, 4.69) is 206 Å². The lowest BCUT2D eigenvalue weighted by Crippen LogP contribution is -2.16. The third-order valence-electron chi connectivity index (χ3n) is 11.1. The lowest BCUT2D eigenvalue weighted by molar-refractivity contribution is 0.479. The van der Waals surface area contributed by atoms with Crippen molar-refractivity contribution in [3.63, 3.8) is 0 Å². The van der Waals surface area contributed by atoms with Crippen molar-refractivity contribution >= 4 is 34.1 Å². The number of anilines is 6. The molecule has 2 aliphatic rings. The van der Waals surface area contributed by atoms with Crippen LogP contribution < -0.4 is 14.5 Å². The summed E-state index contributed by atoms with van der Waals surface area (Å²) in [5.74, 6) is 1.69. The smallest absolute Gasteiger partial charge is 0.159 e. The predicted molar refractivity (Wildman–Crippen MR) is 224 cm³/mol. The molecular weight excluding hydrogens is 657 g/mol. The molecule has 1 aliphatic carbocycles. The van der Waals surface area contributed by atoms with E-state index < -0.39 is 0 Å². The van der Waals surface area contributed by atoms with Gasteiger partial charge in [-0.3, -0.25) is 0 Å². The van der Waals surface area contributed by atoms with Crippen molar-refractivity contribution in [3.05, 3.63) is 205 Å². The summed E-state index contributed by atoms with van der Waals surface area (Å²) in [5.41, 5.74) is 16.2. The topological polar surface area (TPSA) is 15.7 Å². The summed E-state index contributed by atoms with van der Waals surface area (Å²) in [5, 5.41) is 0. The maximum absolute atomic E-state index is 6.73. The van der Waals surface area contributed by atoms with Gasteiger partial charge in [-0.25, -0.2) is 0 Å². The van der Waals surface area contributed by atoms with Crippen molar-refractivity contribution in [3.8, 4) is 44.9 Å². The number of para-hydroxylation sites is 4. The maximum atomic E-state index is 6.73. The number of fused-ring (bicyclic) bond motifs is 5. The van der Waals surface area contributed by atoms with Gasteiger partial charge in [-0.15, -0.1) is 0 Å². The van der Waals surface area contributed by atoms with Gasteiger partial charge in [-0.05, 0) is 94.0 Å². The van der Waals surface area contributed by atoms with Crippen LogP contribution in [0.3, 0.4) is 0 Å². The Bertz CT molecular complexity index is 2650. The SMILES string of the molecule is CC1(C)c2ccccc2-c2c(N(c3ccc(-c4ccccc4)cc3)c3ccc(-c4cccc5c4Oc4ccccc4N5c4ccccc4)cc3)cccc21. The molecular formula is C51H38N2O. The van der Waals surface area contributed by atoms with Gasteiger partial charge in [-0.2, -0.15) is 0 Å². The van der Waals surface area contributed by atoms with Crippen LogP contribution in [0, 0.1) is 0 Å². The highest BCUT2D eigenvalue weighted by molar-refractivity contribution is 5.96. The van der Waals surface area contributed by atoms with E-state index in [1.165, 1.54) is 39.1 Å². The van der Waals surface area contributed by atoms with E-state index in [1.54, 1.807) is 0 Å². The van der Waals surface area contributed by atoms with Crippen molar-refractivity contribution in [1.82, 2.24) is 0 Å². The van der Waals surface area contributed by atoms with Crippen molar-refractivity contribution in [2.45, 2.75) is 19.3 Å². The molecule has 0 N–H and O–H groups in total. The van der Waals surface area contributed by atoms with Crippen LogP contribution in [0.25, 0.3) is 33.4 Å². The molecule has 0 atom stereocenters. The van der Waals surface area contributed by atoms with E-state index in [-0.39, 0.29) is 5.41 Å². The predicted octanol–water partition coefficient (Wildman–Crippen LogP) is 14.4. The highest BCUT2D eigenvalue weighted by Crippen LogP contribution is 2.56. The second kappa shape index (κ2) is 12.7. The summed E-state index contributed by atoms with van der Waals surface area (Å²) >= 11 is 0. The number of hydrogen-bond donors (Lipinski definition) is 0. The normalized spacial score (nSPS) is 13.3. The first-order valence-corrected chi connectivity index (χ1v) is 18.6. The lowest BCUT2D eigenvalue weighted by atomic mass is 9.82. The Kier molecular flexibility index (Phi) is 7.48. The molecule has 0 amide bonds. The molecule has 3 nitrogen and oxygen atoms in total. The largest absolute Gasteiger partial charge is 0.452 e. The van der Waals surface area contributed by atoms with E-state index in [1.807, 2.05) is 12.1 Å². The number of ether oxygens (including phenoxy) is 1. The summed E-state index contributed by atoms with van der Waals surface area (Å²) in [6.07, 6.45) is 0. The molecule has 10 rings (SSSR count). The maximum Gasteiger partial charge on any atom is 0.159 e. The standard InChI is InChI=1S/C51H38N2O/c1-51(2)43-21-10-9-19-42(43)49-44(51)22-14-24-46(49)52(39-31-27-36(28-32-39)35-15-5-3-6-16-35)40-33-29-37(30-34-40)41-20-13-25-47-50(41)54-48-26-12-11-23-45(48)53(47)38-17-7-4-8-18-38/h3-34H,1-2H3. The zero-order valence-electron chi connectivity index (χ0n) is 30.3. The summed E-state index contributed by atoms with van der Waals surface area (Å²) in [7, 11) is 0. The summed E-state index contributed by atoms with van der Waals surface area (Å²) in [4.78, 5) is 4.71. The number of rotatable bonds is 6. The minimum Gasteiger partial charge on any atom is -0.452 e. The van der Waals surface area contributed by atoms with Crippen molar-refractivity contribution in [2.24, 2.45) is 0 Å². The van der Waals surface area contributed by atoms with Gasteiger partial charge in [0.1, 0.15) is 0 Å². The molecule has 0 saturated carbocycles. The molecule has 0 bridgehead atoms. The lowest BCUT2D eigenvalue weighted by Gasteiger charge is -2.34. The Morgan fingerprint density at radius 2 is 1.00 bits per heavy atom. The second-order valence-electron chi connectivity index (χ2n) is 14.6. The fraction of sp³-hybridized carbons (Fsp3) is 0.0588. The minimum absolute atomic E-state index is 0.104. The van der Waals surface area contributed by atoms with Gasteiger partial charge in [0.25, 0.3) is 0 Å². The summed E-state index contributed by atoms with van der Waals surface area (Å²) in [6, 6.07) is 69.4. The van der Waals surface area contributed by atoms with Crippen molar-refractivity contribution in [2.75, 3.05) is 9.80 Å². The van der Waals surface area contributed by atoms with Crippen LogP contribution >= 0.6 is 0 Å². The molecule has 8 aromatic rings. The van der Waals surface area contributed by atoms with E-state index >= 15 is 0 Å². The van der Waals surface area contributed by atoms with Crippen LogP contribution in [0.15, 0.2) is 194 Å². The first kappa shape index (κ1) is 31.9. The molecule has 0 spiro atoms. The van der Waals surface area contributed by atoms with Gasteiger partial charge in [0.15, 0.2) is 11.5 Å². The quantitative estimate of drug-likeness (QED) is 0.172. The van der Waals surface area contributed by atoms with Gasteiger partial charge >= 0.3 is 0 Å². The van der Waals surface area contributed by atoms with Crippen LogP contribution in [0.5, 0.6) is 11.5 Å². The molecule has 0 aromatic heterocycles. The summed E-state index contributed by atoms with van der Waals surface area (Å²) in [6.45, 7) is 4.68. The molecule has 0 fully saturated rings. The van der Waals surface area contributed by atoms with Crippen LogP contribution in [0.2, 0.25) is 0 Å². The van der Waals surface area contributed by atoms with Crippen molar-refractivity contribution in [1.29, 1.82) is 0 Å². The van der Waals surface area contributed by atoms with Gasteiger partial charge in [0.2, 0.25) is 0 Å². The number of hydrogen-bond acceptors (Lipinski definition) is 3. The van der Waals surface area contributed by atoms with Crippen LogP contribution in [-0.2, 0) is 5.41 Å². The van der Waals surface area contributed by atoms with E-state index in [0.717, 1.165) is 51.1 Å². The second-order valence-corrected chi connectivity index (χ2v) is 14.6. The molecule has 0 unspecified atom stereocenters. The zero-order chi connectivity index (χ0) is 36.2. The highest BCUT2D eigenvalue weighted by atomic mass is 16.5. The molecule has 258 valence electrons. The monoisotopic (exact) mass is 694 g/mol. The van der Waals surface area contributed by atoms with Gasteiger partial charge in [0, 0.05) is 33.6 Å². The van der Waals surface area contributed by atoms with Gasteiger partial charge < -0.3 is 14.5 Å². The molecule has 3 heteroatoms. The zero-order valence-corrected chi connectivity index (χ0v) is 30.3. The van der Waals surface area contributed by atoms with E-state index in [4.69, 9.17) is 4.74 Å². The number of benzene rings is 8. The first-order valence-electron chi connectivity index (χ1n) is 18.6. The third kappa shape index (κ3) is 5.12. The van der Waals surface area contributed by atoms with Crippen LogP contribution in [0.1, 0.15) is 25.0 Å². The van der Waals surface area contributed by atoms with E-state index in [0.29, 0.717) is 0 Å². The minimum atomic E-state index is -0.104. The Labute approximate surface area is 317 Å². The average Bonchev–Trinajstić information content (AvgIpc) is 3.47. The fourth-order valence-electron chi connectivity index (χ4n) is 8.43. The van der Waals surface area contributed by atoms with Gasteiger partial charge in [0.05, 0.1) is 17.1 Å². The molecule has 0 radical (unpaired) electrons. The van der Waals surface area contributed by atoms with Crippen molar-refractivity contribution < 1.29 is 4.74 Å². The Morgan fingerprint density at radius 3 is 1.76 bits per heavy atom. The number of nitrogens with zero attached hydrogens (tertiary/aromatic N) is 2. The molecule has 54 heavy (non-hydrogen) atoms. The van der Waals surface area contributed by atoms with Crippen LogP contribution in [-0.4, -0.2) is 0 Å². The Balaban J connectivity index is 1.10. The molecule has 0 saturated heterocycles. The third-order valence-corrected chi connectivity index (χ3v) is 11.1. The first-order chi connectivity index (χ1) is 26.6. The fourth-order valence-corrected chi connectivity index (χ4v) is 8.43. The molecule has 1 heterocycles. The van der Waals surface area contributed by atoms with Crippen LogP contribution in [0.4, 0.5) is 34.1 Å². The van der Waals surface area contributed by atoms with Gasteiger partial charge in [-0.1, -0.05) is 147 Å². The van der Waals surface area contributed by atoms with E-state index in [9.17, 15) is 0 Å². The Morgan fingerprint density at radius 1 is 0.444 bits per heavy atom. The average molecular weight is 695 g/mol. The molecule has 1 aliphatic heterocycles.